The maximum atomic E-state index is 12.8. The number of carbonyl (C=O) groups excluding carboxylic acids is 1. The Hall–Kier alpha value is -5.16. The number of aliphatic imine (C=N–C) groups is 1. The number of benzene rings is 5. The minimum Gasteiger partial charge on any atom is -0.485 e. The van der Waals surface area contributed by atoms with Gasteiger partial charge in [0.25, 0.3) is 0 Å². The number of cyclic esters (lactones) is 1. The Labute approximate surface area is 239 Å². The van der Waals surface area contributed by atoms with E-state index in [9.17, 15) is 4.79 Å². The molecule has 0 atom stereocenters. The molecule has 0 bridgehead atoms. The van der Waals surface area contributed by atoms with Gasteiger partial charge in [0.05, 0.1) is 0 Å². The Morgan fingerprint density at radius 2 is 1.34 bits per heavy atom. The minimum absolute atomic E-state index is 0.228. The zero-order valence-corrected chi connectivity index (χ0v) is 23.0. The van der Waals surface area contributed by atoms with E-state index in [1.807, 2.05) is 91.0 Å². The molecule has 5 nitrogen and oxygen atoms in total. The molecule has 0 N–H and O–H groups in total. The second-order valence-corrected chi connectivity index (χ2v) is 10.00. The molecule has 41 heavy (non-hydrogen) atoms. The van der Waals surface area contributed by atoms with Crippen molar-refractivity contribution in [3.05, 3.63) is 148 Å². The highest BCUT2D eigenvalue weighted by molar-refractivity contribution is 6.17. The number of nitrogens with zero attached hydrogens (tertiary/aromatic N) is 1. The third kappa shape index (κ3) is 5.75. The molecule has 0 aliphatic carbocycles. The first-order chi connectivity index (χ1) is 20.0. The summed E-state index contributed by atoms with van der Waals surface area (Å²) in [5.74, 6) is 1.01. The fourth-order valence-electron chi connectivity index (χ4n) is 4.80. The molecule has 0 aromatic heterocycles. The number of hydrogen-bond acceptors (Lipinski definition) is 5. The molecular formula is C36H29NO4. The van der Waals surface area contributed by atoms with E-state index in [1.54, 1.807) is 6.08 Å². The van der Waals surface area contributed by atoms with E-state index >= 15 is 0 Å². The molecule has 0 saturated heterocycles. The van der Waals surface area contributed by atoms with Crippen molar-refractivity contribution in [1.82, 2.24) is 0 Å². The van der Waals surface area contributed by atoms with Gasteiger partial charge in [0.1, 0.15) is 13.2 Å². The number of fused-ring (bicyclic) bond motifs is 1. The molecule has 0 amide bonds. The zero-order chi connectivity index (χ0) is 28.2. The number of rotatable bonds is 8. The van der Waals surface area contributed by atoms with Crippen molar-refractivity contribution in [2.24, 2.45) is 4.99 Å². The molecule has 0 fully saturated rings. The largest absolute Gasteiger partial charge is 0.485 e. The van der Waals surface area contributed by atoms with Gasteiger partial charge in [-0.25, -0.2) is 9.79 Å². The summed E-state index contributed by atoms with van der Waals surface area (Å²) in [6.45, 7) is 4.93. The van der Waals surface area contributed by atoms with Crippen LogP contribution in [0.2, 0.25) is 0 Å². The molecule has 1 aliphatic heterocycles. The fraction of sp³-hybridized carbons (Fsp3) is 0.111. The zero-order valence-electron chi connectivity index (χ0n) is 23.0. The van der Waals surface area contributed by atoms with E-state index < -0.39 is 5.97 Å². The van der Waals surface area contributed by atoms with Crippen molar-refractivity contribution < 1.29 is 19.0 Å². The molecule has 5 aromatic carbocycles. The van der Waals surface area contributed by atoms with Crippen LogP contribution in [0.3, 0.4) is 0 Å². The van der Waals surface area contributed by atoms with Crippen LogP contribution >= 0.6 is 0 Å². The van der Waals surface area contributed by atoms with Gasteiger partial charge in [0, 0.05) is 5.56 Å². The predicted octanol–water partition coefficient (Wildman–Crippen LogP) is 7.96. The van der Waals surface area contributed by atoms with Crippen molar-refractivity contribution in [1.29, 1.82) is 0 Å². The lowest BCUT2D eigenvalue weighted by atomic mass is 10.0. The molecule has 202 valence electrons. The summed E-state index contributed by atoms with van der Waals surface area (Å²) < 4.78 is 18.1. The maximum Gasteiger partial charge on any atom is 0.363 e. The van der Waals surface area contributed by atoms with Crippen LogP contribution in [0.5, 0.6) is 11.5 Å². The molecule has 1 heterocycles. The highest BCUT2D eigenvalue weighted by atomic mass is 16.6. The van der Waals surface area contributed by atoms with Crippen LogP contribution in [0.1, 0.15) is 33.4 Å². The standard InChI is InChI=1S/C36H29NO4/c1-24-10-3-5-13-28(24)22-39-33-19-18-26(21-34(33)40-23-29-14-6-4-11-25(29)2)20-32-36(38)41-35(37-32)31-17-9-15-27-12-7-8-16-30(27)31/h3-21H,22-23H2,1-2H3/b32-20+. The van der Waals surface area contributed by atoms with Crippen LogP contribution in [-0.2, 0) is 22.7 Å². The molecule has 1 aliphatic rings. The van der Waals surface area contributed by atoms with Gasteiger partial charge in [-0.1, -0.05) is 91.0 Å². The quantitative estimate of drug-likeness (QED) is 0.148. The topological polar surface area (TPSA) is 57.1 Å². The first-order valence-electron chi connectivity index (χ1n) is 13.5. The van der Waals surface area contributed by atoms with Gasteiger partial charge < -0.3 is 14.2 Å². The summed E-state index contributed by atoms with van der Waals surface area (Å²) in [5.41, 5.74) is 6.27. The Morgan fingerprint density at radius 1 is 0.707 bits per heavy atom. The van der Waals surface area contributed by atoms with E-state index in [-0.39, 0.29) is 5.70 Å². The molecule has 0 spiro atoms. The summed E-state index contributed by atoms with van der Waals surface area (Å²) in [7, 11) is 0. The van der Waals surface area contributed by atoms with E-state index in [4.69, 9.17) is 14.2 Å². The molecule has 0 saturated carbocycles. The minimum atomic E-state index is -0.491. The van der Waals surface area contributed by atoms with Crippen LogP contribution in [0.15, 0.2) is 120 Å². The molecule has 5 heteroatoms. The molecule has 0 radical (unpaired) electrons. The first-order valence-corrected chi connectivity index (χ1v) is 13.5. The Kier molecular flexibility index (Phi) is 7.33. The maximum absolute atomic E-state index is 12.8. The predicted molar refractivity (Wildman–Crippen MR) is 162 cm³/mol. The average molecular weight is 540 g/mol. The molecule has 6 rings (SSSR count). The Bertz CT molecular complexity index is 1810. The lowest BCUT2D eigenvalue weighted by molar-refractivity contribution is -0.129. The summed E-state index contributed by atoms with van der Waals surface area (Å²) in [5, 5.41) is 2.03. The van der Waals surface area contributed by atoms with Gasteiger partial charge in [-0.2, -0.15) is 0 Å². The van der Waals surface area contributed by atoms with Crippen LogP contribution < -0.4 is 9.47 Å². The summed E-state index contributed by atoms with van der Waals surface area (Å²) in [6, 6.07) is 35.7. The van der Waals surface area contributed by atoms with Crippen molar-refractivity contribution in [2.75, 3.05) is 0 Å². The van der Waals surface area contributed by atoms with E-state index in [2.05, 4.69) is 37.0 Å². The third-order valence-corrected chi connectivity index (χ3v) is 7.20. The molecule has 5 aromatic rings. The van der Waals surface area contributed by atoms with Crippen LogP contribution in [0, 0.1) is 13.8 Å². The van der Waals surface area contributed by atoms with E-state index in [0.29, 0.717) is 30.6 Å². The van der Waals surface area contributed by atoms with Crippen molar-refractivity contribution in [3.63, 3.8) is 0 Å². The monoisotopic (exact) mass is 539 g/mol. The van der Waals surface area contributed by atoms with Gasteiger partial charge in [0.2, 0.25) is 5.90 Å². The molecular weight excluding hydrogens is 510 g/mol. The number of esters is 1. The number of aryl methyl sites for hydroxylation is 2. The van der Waals surface area contributed by atoms with Gasteiger partial charge in [-0.3, -0.25) is 0 Å². The van der Waals surface area contributed by atoms with Crippen molar-refractivity contribution >= 4 is 28.7 Å². The third-order valence-electron chi connectivity index (χ3n) is 7.20. The Morgan fingerprint density at radius 3 is 2.07 bits per heavy atom. The van der Waals surface area contributed by atoms with E-state index in [0.717, 1.165) is 44.2 Å². The van der Waals surface area contributed by atoms with Crippen molar-refractivity contribution in [3.8, 4) is 11.5 Å². The van der Waals surface area contributed by atoms with Gasteiger partial charge in [-0.15, -0.1) is 0 Å². The second-order valence-electron chi connectivity index (χ2n) is 10.00. The Balaban J connectivity index is 1.31. The van der Waals surface area contributed by atoms with Crippen LogP contribution in [0.4, 0.5) is 0 Å². The highest BCUT2D eigenvalue weighted by Gasteiger charge is 2.25. The molecule has 0 unspecified atom stereocenters. The lowest BCUT2D eigenvalue weighted by Crippen LogP contribution is -2.06. The smallest absolute Gasteiger partial charge is 0.363 e. The SMILES string of the molecule is Cc1ccccc1COc1ccc(/C=C2/N=C(c3cccc4ccccc34)OC2=O)cc1OCc1ccccc1C. The van der Waals surface area contributed by atoms with Crippen molar-refractivity contribution in [2.45, 2.75) is 27.1 Å². The van der Waals surface area contributed by atoms with Gasteiger partial charge >= 0.3 is 5.97 Å². The highest BCUT2D eigenvalue weighted by Crippen LogP contribution is 2.32. The van der Waals surface area contributed by atoms with E-state index in [1.165, 1.54) is 0 Å². The van der Waals surface area contributed by atoms with Gasteiger partial charge in [0.15, 0.2) is 17.2 Å². The average Bonchev–Trinajstić information content (AvgIpc) is 3.36. The fourth-order valence-corrected chi connectivity index (χ4v) is 4.80. The number of ether oxygens (including phenoxy) is 3. The normalized spacial score (nSPS) is 13.8. The summed E-state index contributed by atoms with van der Waals surface area (Å²) >= 11 is 0. The number of hydrogen-bond donors (Lipinski definition) is 0. The summed E-state index contributed by atoms with van der Waals surface area (Å²) in [6.07, 6.45) is 1.71. The summed E-state index contributed by atoms with van der Waals surface area (Å²) in [4.78, 5) is 17.4. The lowest BCUT2D eigenvalue weighted by Gasteiger charge is -2.15. The van der Waals surface area contributed by atoms with Crippen LogP contribution in [0.25, 0.3) is 16.8 Å². The van der Waals surface area contributed by atoms with Crippen LogP contribution in [-0.4, -0.2) is 11.9 Å². The number of carbonyl (C=O) groups is 1. The van der Waals surface area contributed by atoms with Gasteiger partial charge in [-0.05, 0) is 76.7 Å². The second kappa shape index (κ2) is 11.5. The first kappa shape index (κ1) is 26.1.